The average molecular weight is 257 g/mol. The van der Waals surface area contributed by atoms with Crippen LogP contribution in [0.1, 0.15) is 17.9 Å². The van der Waals surface area contributed by atoms with Crippen molar-refractivity contribution in [3.63, 3.8) is 0 Å². The molecule has 5 heteroatoms. The number of nitrogens with zero attached hydrogens (tertiary/aromatic N) is 4. The Balaban J connectivity index is 1.85. The Kier molecular flexibility index (Phi) is 3.29. The molecule has 3 rings (SSSR count). The van der Waals surface area contributed by atoms with E-state index in [1.54, 1.807) is 0 Å². The molecule has 1 aliphatic rings. The third kappa shape index (κ3) is 2.51. The van der Waals surface area contributed by atoms with Crippen LogP contribution in [0, 0.1) is 12.8 Å². The zero-order valence-electron chi connectivity index (χ0n) is 11.4. The Labute approximate surface area is 113 Å². The molecule has 0 spiro atoms. The predicted octanol–water partition coefficient (Wildman–Crippen LogP) is 1.34. The number of nitrogens with one attached hydrogen (secondary N) is 1. The summed E-state index contributed by atoms with van der Waals surface area (Å²) in [5.41, 5.74) is 3.01. The van der Waals surface area contributed by atoms with Gasteiger partial charge in [-0.3, -0.25) is 4.98 Å². The van der Waals surface area contributed by atoms with Crippen molar-refractivity contribution in [3.8, 4) is 11.4 Å². The normalized spacial score (nSPS) is 18.9. The molecule has 1 N–H and O–H groups in total. The highest BCUT2D eigenvalue weighted by Gasteiger charge is 2.16. The van der Waals surface area contributed by atoms with Crippen molar-refractivity contribution in [2.45, 2.75) is 19.8 Å². The molecule has 2 aromatic heterocycles. The van der Waals surface area contributed by atoms with Gasteiger partial charge in [-0.05, 0) is 38.8 Å². The summed E-state index contributed by atoms with van der Waals surface area (Å²) >= 11 is 0. The molecule has 0 unspecified atom stereocenters. The smallest absolute Gasteiger partial charge is 0.107 e. The molecule has 3 heterocycles. The lowest BCUT2D eigenvalue weighted by atomic mass is 10.0. The van der Waals surface area contributed by atoms with E-state index in [1.807, 2.05) is 37.1 Å². The Morgan fingerprint density at radius 1 is 1.37 bits per heavy atom. The van der Waals surface area contributed by atoms with Gasteiger partial charge < -0.3 is 9.88 Å². The second kappa shape index (κ2) is 5.09. The zero-order valence-corrected chi connectivity index (χ0v) is 11.4. The number of hydrogen-bond acceptors (Lipinski definition) is 4. The maximum atomic E-state index is 4.73. The van der Waals surface area contributed by atoms with E-state index in [-0.39, 0.29) is 0 Å². The minimum absolute atomic E-state index is 0.692. The molecule has 1 fully saturated rings. The van der Waals surface area contributed by atoms with E-state index < -0.39 is 0 Å². The summed E-state index contributed by atoms with van der Waals surface area (Å²) in [6, 6.07) is 0. The predicted molar refractivity (Wildman–Crippen MR) is 73.7 cm³/mol. The second-order valence-corrected chi connectivity index (χ2v) is 5.21. The number of hydrogen-bond donors (Lipinski definition) is 1. The van der Waals surface area contributed by atoms with Crippen LogP contribution in [0.4, 0.5) is 0 Å². The quantitative estimate of drug-likeness (QED) is 0.901. The SMILES string of the molecule is Cc1ncc(-c2cncc(C[C@H]3CCNC3)n2)n1C. The van der Waals surface area contributed by atoms with Gasteiger partial charge in [-0.2, -0.15) is 0 Å². The Hall–Kier alpha value is -1.75. The van der Waals surface area contributed by atoms with E-state index in [9.17, 15) is 0 Å². The van der Waals surface area contributed by atoms with Gasteiger partial charge >= 0.3 is 0 Å². The molecule has 19 heavy (non-hydrogen) atoms. The van der Waals surface area contributed by atoms with E-state index in [0.717, 1.165) is 42.4 Å². The lowest BCUT2D eigenvalue weighted by Gasteiger charge is -2.09. The first-order chi connectivity index (χ1) is 9.24. The van der Waals surface area contributed by atoms with Crippen molar-refractivity contribution < 1.29 is 0 Å². The molecule has 0 bridgehead atoms. The van der Waals surface area contributed by atoms with Crippen LogP contribution in [0.3, 0.4) is 0 Å². The first-order valence-corrected chi connectivity index (χ1v) is 6.74. The third-order valence-electron chi connectivity index (χ3n) is 3.83. The molecular weight excluding hydrogens is 238 g/mol. The van der Waals surface area contributed by atoms with Gasteiger partial charge in [-0.1, -0.05) is 0 Å². The number of imidazole rings is 1. The van der Waals surface area contributed by atoms with Crippen molar-refractivity contribution >= 4 is 0 Å². The topological polar surface area (TPSA) is 55.6 Å². The summed E-state index contributed by atoms with van der Waals surface area (Å²) in [6.45, 7) is 4.21. The van der Waals surface area contributed by atoms with Crippen LogP contribution in [0.2, 0.25) is 0 Å². The Morgan fingerprint density at radius 3 is 2.95 bits per heavy atom. The molecule has 2 aromatic rings. The number of aromatic nitrogens is 4. The summed E-state index contributed by atoms with van der Waals surface area (Å²) < 4.78 is 2.05. The van der Waals surface area contributed by atoms with E-state index in [2.05, 4.69) is 15.3 Å². The summed E-state index contributed by atoms with van der Waals surface area (Å²) in [6.07, 6.45) is 7.79. The van der Waals surface area contributed by atoms with Gasteiger partial charge in [0.1, 0.15) is 11.5 Å². The molecule has 5 nitrogen and oxygen atoms in total. The van der Waals surface area contributed by atoms with Crippen molar-refractivity contribution in [2.75, 3.05) is 13.1 Å². The maximum Gasteiger partial charge on any atom is 0.107 e. The average Bonchev–Trinajstić information content (AvgIpc) is 3.02. The van der Waals surface area contributed by atoms with Crippen LogP contribution < -0.4 is 5.32 Å². The van der Waals surface area contributed by atoms with Crippen molar-refractivity contribution in [1.29, 1.82) is 0 Å². The fourth-order valence-electron chi connectivity index (χ4n) is 2.55. The van der Waals surface area contributed by atoms with Crippen LogP contribution in [-0.2, 0) is 13.5 Å². The van der Waals surface area contributed by atoms with Gasteiger partial charge in [0.2, 0.25) is 0 Å². The van der Waals surface area contributed by atoms with Crippen molar-refractivity contribution in [3.05, 3.63) is 30.1 Å². The van der Waals surface area contributed by atoms with Crippen LogP contribution in [0.25, 0.3) is 11.4 Å². The van der Waals surface area contributed by atoms with Gasteiger partial charge in [0.05, 0.1) is 23.8 Å². The Bertz CT molecular complexity index is 569. The standard InChI is InChI=1S/C14H19N5/c1-10-17-9-14(19(10)2)13-8-16-7-12(18-13)5-11-3-4-15-6-11/h7-9,11,15H,3-6H2,1-2H3/t11-/m1/s1. The monoisotopic (exact) mass is 257 g/mol. The molecule has 0 radical (unpaired) electrons. The van der Waals surface area contributed by atoms with E-state index in [4.69, 9.17) is 4.98 Å². The molecular formula is C14H19N5. The minimum atomic E-state index is 0.692. The Morgan fingerprint density at radius 2 is 2.26 bits per heavy atom. The van der Waals surface area contributed by atoms with Gasteiger partial charge in [-0.25, -0.2) is 9.97 Å². The lowest BCUT2D eigenvalue weighted by Crippen LogP contribution is -2.11. The molecule has 0 aliphatic carbocycles. The van der Waals surface area contributed by atoms with E-state index >= 15 is 0 Å². The van der Waals surface area contributed by atoms with Crippen LogP contribution in [-0.4, -0.2) is 32.6 Å². The highest BCUT2D eigenvalue weighted by molar-refractivity contribution is 5.52. The third-order valence-corrected chi connectivity index (χ3v) is 3.83. The summed E-state index contributed by atoms with van der Waals surface area (Å²) in [5, 5.41) is 3.39. The summed E-state index contributed by atoms with van der Waals surface area (Å²) in [7, 11) is 2.01. The second-order valence-electron chi connectivity index (χ2n) is 5.21. The van der Waals surface area contributed by atoms with Crippen LogP contribution >= 0.6 is 0 Å². The first kappa shape index (κ1) is 12.3. The van der Waals surface area contributed by atoms with E-state index in [0.29, 0.717) is 5.92 Å². The molecule has 1 aliphatic heterocycles. The summed E-state index contributed by atoms with van der Waals surface area (Å²) in [5.74, 6) is 1.68. The van der Waals surface area contributed by atoms with Gasteiger partial charge in [0, 0.05) is 13.2 Å². The molecule has 0 aromatic carbocycles. The molecule has 0 amide bonds. The fourth-order valence-corrected chi connectivity index (χ4v) is 2.55. The summed E-state index contributed by atoms with van der Waals surface area (Å²) in [4.78, 5) is 13.4. The van der Waals surface area contributed by atoms with Gasteiger partial charge in [0.25, 0.3) is 0 Å². The van der Waals surface area contributed by atoms with Crippen LogP contribution in [0.5, 0.6) is 0 Å². The van der Waals surface area contributed by atoms with E-state index in [1.165, 1.54) is 6.42 Å². The van der Waals surface area contributed by atoms with Crippen molar-refractivity contribution in [1.82, 2.24) is 24.8 Å². The number of aryl methyl sites for hydroxylation is 1. The maximum absolute atomic E-state index is 4.73. The lowest BCUT2D eigenvalue weighted by molar-refractivity contribution is 0.570. The zero-order chi connectivity index (χ0) is 13.2. The van der Waals surface area contributed by atoms with Gasteiger partial charge in [-0.15, -0.1) is 0 Å². The molecule has 1 saturated heterocycles. The molecule has 1 atom stereocenters. The number of rotatable bonds is 3. The molecule has 100 valence electrons. The minimum Gasteiger partial charge on any atom is -0.330 e. The van der Waals surface area contributed by atoms with Gasteiger partial charge in [0.15, 0.2) is 0 Å². The fraction of sp³-hybridized carbons (Fsp3) is 0.500. The first-order valence-electron chi connectivity index (χ1n) is 6.74. The highest BCUT2D eigenvalue weighted by atomic mass is 15.1. The van der Waals surface area contributed by atoms with Crippen LogP contribution in [0.15, 0.2) is 18.6 Å². The highest BCUT2D eigenvalue weighted by Crippen LogP contribution is 2.19. The van der Waals surface area contributed by atoms with Crippen molar-refractivity contribution in [2.24, 2.45) is 13.0 Å². The largest absolute Gasteiger partial charge is 0.330 e. The molecule has 0 saturated carbocycles.